The van der Waals surface area contributed by atoms with Gasteiger partial charge in [-0.2, -0.15) is 0 Å². The quantitative estimate of drug-likeness (QED) is 0.775. The molecule has 0 saturated heterocycles. The first-order valence-corrected chi connectivity index (χ1v) is 9.65. The lowest BCUT2D eigenvalue weighted by molar-refractivity contribution is 0.0928. The van der Waals surface area contributed by atoms with Crippen LogP contribution < -0.4 is 10.6 Å². The van der Waals surface area contributed by atoms with Gasteiger partial charge in [0.1, 0.15) is 11.5 Å². The van der Waals surface area contributed by atoms with Crippen LogP contribution in [0.2, 0.25) is 0 Å². The van der Waals surface area contributed by atoms with Gasteiger partial charge in [-0.05, 0) is 37.3 Å². The normalized spacial score (nSPS) is 15.3. The lowest BCUT2D eigenvalue weighted by Gasteiger charge is -2.16. The molecule has 1 aromatic carbocycles. The number of nitrogens with zero attached hydrogens (tertiary/aromatic N) is 2. The summed E-state index contributed by atoms with van der Waals surface area (Å²) in [7, 11) is 0. The van der Waals surface area contributed by atoms with Gasteiger partial charge in [0.05, 0.1) is 12.4 Å². The molecule has 0 unspecified atom stereocenters. The molecule has 0 spiro atoms. The molecule has 1 aliphatic rings. The van der Waals surface area contributed by atoms with Gasteiger partial charge in [0, 0.05) is 11.7 Å². The molecule has 2 aromatic rings. The summed E-state index contributed by atoms with van der Waals surface area (Å²) in [6.07, 6.45) is 11.2. The lowest BCUT2D eigenvalue weighted by Crippen LogP contribution is -2.34. The van der Waals surface area contributed by atoms with Gasteiger partial charge in [0.25, 0.3) is 5.91 Å². The van der Waals surface area contributed by atoms with Crippen LogP contribution in [0.5, 0.6) is 0 Å². The van der Waals surface area contributed by atoms with Crippen molar-refractivity contribution in [2.45, 2.75) is 64.8 Å². The van der Waals surface area contributed by atoms with E-state index in [1.54, 1.807) is 12.4 Å². The van der Waals surface area contributed by atoms with Crippen LogP contribution >= 0.6 is 0 Å². The monoisotopic (exact) mass is 352 g/mol. The number of para-hydroxylation sites is 1. The molecule has 0 bridgehead atoms. The second-order valence-electron chi connectivity index (χ2n) is 7.04. The lowest BCUT2D eigenvalue weighted by atomic mass is 10.1. The van der Waals surface area contributed by atoms with Gasteiger partial charge in [0.15, 0.2) is 0 Å². The Morgan fingerprint density at radius 1 is 1.12 bits per heavy atom. The van der Waals surface area contributed by atoms with Gasteiger partial charge in [-0.25, -0.2) is 9.97 Å². The fourth-order valence-electron chi connectivity index (χ4n) is 3.52. The third kappa shape index (κ3) is 4.59. The van der Waals surface area contributed by atoms with E-state index < -0.39 is 0 Å². The van der Waals surface area contributed by atoms with Crippen molar-refractivity contribution in [1.82, 2.24) is 15.3 Å². The van der Waals surface area contributed by atoms with E-state index in [1.165, 1.54) is 36.8 Å². The molecule has 138 valence electrons. The van der Waals surface area contributed by atoms with E-state index in [1.807, 2.05) is 0 Å². The Bertz CT molecular complexity index is 734. The molecule has 1 aliphatic carbocycles. The molecule has 2 N–H and O–H groups in total. The molecule has 1 heterocycles. The minimum Gasteiger partial charge on any atom is -0.348 e. The Morgan fingerprint density at radius 2 is 1.88 bits per heavy atom. The molecule has 1 aromatic heterocycles. The second kappa shape index (κ2) is 8.79. The van der Waals surface area contributed by atoms with Gasteiger partial charge >= 0.3 is 0 Å². The zero-order valence-corrected chi connectivity index (χ0v) is 15.7. The number of rotatable bonds is 5. The number of aryl methyl sites for hydroxylation is 2. The van der Waals surface area contributed by atoms with E-state index in [0.29, 0.717) is 11.5 Å². The number of carbonyl (C=O) groups excluding carboxylic acids is 1. The van der Waals surface area contributed by atoms with Crippen molar-refractivity contribution in [3.63, 3.8) is 0 Å². The molecule has 3 rings (SSSR count). The summed E-state index contributed by atoms with van der Waals surface area (Å²) in [4.78, 5) is 21.1. The van der Waals surface area contributed by atoms with Crippen LogP contribution in [0.25, 0.3) is 0 Å². The maximum atomic E-state index is 12.4. The first-order chi connectivity index (χ1) is 12.7. The third-order valence-corrected chi connectivity index (χ3v) is 5.07. The molecule has 26 heavy (non-hydrogen) atoms. The van der Waals surface area contributed by atoms with Gasteiger partial charge < -0.3 is 10.6 Å². The standard InChI is InChI=1S/C21H28N4O/c1-3-16-10-8-9-15(2)20(16)25-19-14-22-18(13-23-19)21(26)24-17-11-6-4-5-7-12-17/h8-10,13-14,17H,3-7,11-12H2,1-2H3,(H,23,25)(H,24,26). The summed E-state index contributed by atoms with van der Waals surface area (Å²) in [5, 5.41) is 6.45. The summed E-state index contributed by atoms with van der Waals surface area (Å²) in [5.74, 6) is 0.529. The van der Waals surface area contributed by atoms with Crippen molar-refractivity contribution >= 4 is 17.4 Å². The maximum absolute atomic E-state index is 12.4. The number of aromatic nitrogens is 2. The van der Waals surface area contributed by atoms with E-state index in [-0.39, 0.29) is 11.9 Å². The molecular formula is C21H28N4O. The largest absolute Gasteiger partial charge is 0.348 e. The van der Waals surface area contributed by atoms with Crippen LogP contribution in [0.4, 0.5) is 11.5 Å². The molecule has 1 amide bonds. The predicted octanol–water partition coefficient (Wildman–Crippen LogP) is 4.54. The average Bonchev–Trinajstić information content (AvgIpc) is 2.92. The fraction of sp³-hybridized carbons (Fsp3) is 0.476. The number of anilines is 2. The van der Waals surface area contributed by atoms with Crippen LogP contribution in [-0.4, -0.2) is 21.9 Å². The van der Waals surface area contributed by atoms with Crippen molar-refractivity contribution in [3.8, 4) is 0 Å². The Balaban J connectivity index is 1.66. The smallest absolute Gasteiger partial charge is 0.271 e. The summed E-state index contributed by atoms with van der Waals surface area (Å²) >= 11 is 0. The minimum absolute atomic E-state index is 0.124. The number of benzene rings is 1. The van der Waals surface area contributed by atoms with Crippen molar-refractivity contribution < 1.29 is 4.79 Å². The Kier molecular flexibility index (Phi) is 6.21. The highest BCUT2D eigenvalue weighted by molar-refractivity contribution is 5.92. The highest BCUT2D eigenvalue weighted by Crippen LogP contribution is 2.24. The highest BCUT2D eigenvalue weighted by Gasteiger charge is 2.17. The van der Waals surface area contributed by atoms with Gasteiger partial charge in [-0.3, -0.25) is 4.79 Å². The minimum atomic E-state index is -0.124. The zero-order valence-electron chi connectivity index (χ0n) is 15.7. The molecule has 0 atom stereocenters. The Labute approximate surface area is 155 Å². The van der Waals surface area contributed by atoms with Crippen LogP contribution in [0.1, 0.15) is 67.1 Å². The fourth-order valence-corrected chi connectivity index (χ4v) is 3.52. The number of amides is 1. The van der Waals surface area contributed by atoms with Crippen molar-refractivity contribution in [1.29, 1.82) is 0 Å². The molecule has 5 heteroatoms. The SMILES string of the molecule is CCc1cccc(C)c1Nc1cnc(C(=O)NC2CCCCCC2)cn1. The van der Waals surface area contributed by atoms with E-state index in [0.717, 1.165) is 24.9 Å². The zero-order chi connectivity index (χ0) is 18.4. The number of hydrogen-bond donors (Lipinski definition) is 2. The molecule has 5 nitrogen and oxygen atoms in total. The maximum Gasteiger partial charge on any atom is 0.271 e. The predicted molar refractivity (Wildman–Crippen MR) is 105 cm³/mol. The van der Waals surface area contributed by atoms with E-state index >= 15 is 0 Å². The molecule has 0 aliphatic heterocycles. The van der Waals surface area contributed by atoms with Gasteiger partial charge in [0.2, 0.25) is 0 Å². The molecule has 0 radical (unpaired) electrons. The molecular weight excluding hydrogens is 324 g/mol. The summed E-state index contributed by atoms with van der Waals surface area (Å²) < 4.78 is 0. The van der Waals surface area contributed by atoms with Crippen LogP contribution in [0.15, 0.2) is 30.6 Å². The van der Waals surface area contributed by atoms with Crippen LogP contribution in [-0.2, 0) is 6.42 Å². The third-order valence-electron chi connectivity index (χ3n) is 5.07. The van der Waals surface area contributed by atoms with E-state index in [2.05, 4.69) is 52.6 Å². The summed E-state index contributed by atoms with van der Waals surface area (Å²) in [6.45, 7) is 4.20. The van der Waals surface area contributed by atoms with E-state index in [4.69, 9.17) is 0 Å². The molecule has 1 fully saturated rings. The summed E-state index contributed by atoms with van der Waals surface area (Å²) in [6, 6.07) is 6.51. The first kappa shape index (κ1) is 18.4. The van der Waals surface area contributed by atoms with Crippen LogP contribution in [0.3, 0.4) is 0 Å². The van der Waals surface area contributed by atoms with Crippen LogP contribution in [0, 0.1) is 6.92 Å². The summed E-state index contributed by atoms with van der Waals surface area (Å²) in [5.41, 5.74) is 3.85. The second-order valence-corrected chi connectivity index (χ2v) is 7.04. The van der Waals surface area contributed by atoms with Crippen molar-refractivity contribution in [2.24, 2.45) is 0 Å². The number of carbonyl (C=O) groups is 1. The molecule has 1 saturated carbocycles. The topological polar surface area (TPSA) is 66.9 Å². The Hall–Kier alpha value is -2.43. The van der Waals surface area contributed by atoms with Gasteiger partial charge in [-0.15, -0.1) is 0 Å². The number of hydrogen-bond acceptors (Lipinski definition) is 4. The first-order valence-electron chi connectivity index (χ1n) is 9.65. The average molecular weight is 352 g/mol. The van der Waals surface area contributed by atoms with Crippen molar-refractivity contribution in [2.75, 3.05) is 5.32 Å². The Morgan fingerprint density at radius 3 is 2.54 bits per heavy atom. The number of nitrogens with one attached hydrogen (secondary N) is 2. The van der Waals surface area contributed by atoms with Crippen molar-refractivity contribution in [3.05, 3.63) is 47.4 Å². The highest BCUT2D eigenvalue weighted by atomic mass is 16.1. The van der Waals surface area contributed by atoms with Gasteiger partial charge in [-0.1, -0.05) is 50.8 Å². The van der Waals surface area contributed by atoms with E-state index in [9.17, 15) is 4.79 Å².